The van der Waals surface area contributed by atoms with Gasteiger partial charge in [-0.25, -0.2) is 5.53 Å². The number of aliphatic hydroxyl groups is 1. The standard InChI is InChI=1S/CH4N2O/c2-3-1-4/h2,4H,1H2. The number of hydrogen-bond donors (Lipinski definition) is 2. The van der Waals surface area contributed by atoms with E-state index < -0.39 is 0 Å². The molecule has 0 amide bonds. The molecule has 0 aromatic carbocycles. The van der Waals surface area contributed by atoms with Crippen molar-refractivity contribution in [2.45, 2.75) is 0 Å². The second kappa shape index (κ2) is 2.56. The maximum atomic E-state index is 7.52. The summed E-state index contributed by atoms with van der Waals surface area (Å²) in [5, 5.41) is 10.1. The average Bonchev–Trinajstić information content (AvgIpc) is 1.37. The Morgan fingerprint density at radius 1 is 2.00 bits per heavy atom. The lowest BCUT2D eigenvalue weighted by Gasteiger charge is -1.60. The maximum Gasteiger partial charge on any atom is 0.154 e. The van der Waals surface area contributed by atoms with E-state index in [1.807, 2.05) is 0 Å². The first-order valence-corrected chi connectivity index (χ1v) is 0.856. The van der Waals surface area contributed by atoms with Crippen molar-refractivity contribution in [1.82, 2.24) is 0 Å². The first-order chi connectivity index (χ1) is 1.91. The fraction of sp³-hybridized carbons (Fsp3) is 1.00. The molecule has 0 unspecified atom stereocenters. The van der Waals surface area contributed by atoms with Gasteiger partial charge < -0.3 is 5.11 Å². The fourth-order valence-corrected chi connectivity index (χ4v) is 0. The van der Waals surface area contributed by atoms with Crippen LogP contribution in [0.5, 0.6) is 0 Å². The van der Waals surface area contributed by atoms with E-state index in [4.69, 9.17) is 10.6 Å². The third kappa shape index (κ3) is 1.56. The summed E-state index contributed by atoms with van der Waals surface area (Å²) in [6.07, 6.45) is 0. The third-order valence-corrected chi connectivity index (χ3v) is 0.0707. The van der Waals surface area contributed by atoms with E-state index in [1.54, 1.807) is 0 Å². The first-order valence-electron chi connectivity index (χ1n) is 0.856. The molecule has 0 spiro atoms. The Bertz CT molecular complexity index is 20.0. The molecule has 0 heterocycles. The topological polar surface area (TPSA) is 56.4 Å². The molecule has 0 saturated carbocycles. The molecule has 0 aliphatic rings. The van der Waals surface area contributed by atoms with Crippen molar-refractivity contribution in [3.05, 3.63) is 0 Å². The Hall–Kier alpha value is -0.440. The van der Waals surface area contributed by atoms with Crippen molar-refractivity contribution in [2.75, 3.05) is 6.73 Å². The van der Waals surface area contributed by atoms with Crippen LogP contribution < -0.4 is 0 Å². The normalized spacial score (nSPS) is 6.25. The highest BCUT2D eigenvalue weighted by atomic mass is 16.3. The molecule has 0 aliphatic carbocycles. The van der Waals surface area contributed by atoms with E-state index in [0.717, 1.165) is 0 Å². The molecule has 0 bridgehead atoms. The molecule has 4 heavy (non-hydrogen) atoms. The third-order valence-electron chi connectivity index (χ3n) is 0.0707. The molecule has 0 radical (unpaired) electrons. The van der Waals surface area contributed by atoms with Crippen LogP contribution in [-0.2, 0) is 0 Å². The predicted molar refractivity (Wildman–Crippen MR) is 12.2 cm³/mol. The lowest BCUT2D eigenvalue weighted by Crippen LogP contribution is -1.62. The summed E-state index contributed by atoms with van der Waals surface area (Å²) in [6.45, 7) is -0.389. The molecule has 0 saturated heterocycles. The van der Waals surface area contributed by atoms with Crippen molar-refractivity contribution in [2.24, 2.45) is 5.11 Å². The highest BCUT2D eigenvalue weighted by Crippen LogP contribution is 1.46. The van der Waals surface area contributed by atoms with Gasteiger partial charge in [-0.3, -0.25) is 0 Å². The Morgan fingerprint density at radius 3 is 2.25 bits per heavy atom. The van der Waals surface area contributed by atoms with E-state index in [0.29, 0.717) is 0 Å². The Kier molecular flexibility index (Phi) is 2.28. The number of aliphatic hydroxyl groups excluding tert-OH is 1. The second-order valence-corrected chi connectivity index (χ2v) is 0.300. The van der Waals surface area contributed by atoms with Gasteiger partial charge in [0, 0.05) is 0 Å². The Balaban J connectivity index is 2.30. The van der Waals surface area contributed by atoms with Crippen LogP contribution in [0.1, 0.15) is 0 Å². The van der Waals surface area contributed by atoms with Gasteiger partial charge in [0.05, 0.1) is 0 Å². The van der Waals surface area contributed by atoms with E-state index in [9.17, 15) is 0 Å². The minimum absolute atomic E-state index is 0.389. The van der Waals surface area contributed by atoms with Crippen LogP contribution in [0.2, 0.25) is 0 Å². The first kappa shape index (κ1) is 3.56. The molecule has 0 aliphatic heterocycles. The van der Waals surface area contributed by atoms with Gasteiger partial charge in [-0.1, -0.05) is 0 Å². The van der Waals surface area contributed by atoms with Crippen LogP contribution in [0.15, 0.2) is 5.11 Å². The van der Waals surface area contributed by atoms with Crippen LogP contribution >= 0.6 is 0 Å². The fourth-order valence-electron chi connectivity index (χ4n) is 0. The molecule has 0 aromatic heterocycles. The molecule has 0 rings (SSSR count). The summed E-state index contributed by atoms with van der Waals surface area (Å²) < 4.78 is 0. The lowest BCUT2D eigenvalue weighted by molar-refractivity contribution is 0.297. The average molecular weight is 60.1 g/mol. The van der Waals surface area contributed by atoms with Gasteiger partial charge in [-0.2, -0.15) is 5.11 Å². The largest absolute Gasteiger partial charge is 0.373 e. The smallest absolute Gasteiger partial charge is 0.154 e. The minimum Gasteiger partial charge on any atom is -0.373 e. The minimum atomic E-state index is -0.389. The summed E-state index contributed by atoms with van der Waals surface area (Å²) in [5.41, 5.74) is 5.83. The van der Waals surface area contributed by atoms with Crippen molar-refractivity contribution < 1.29 is 5.11 Å². The van der Waals surface area contributed by atoms with Gasteiger partial charge >= 0.3 is 0 Å². The van der Waals surface area contributed by atoms with Gasteiger partial charge in [0.2, 0.25) is 0 Å². The zero-order valence-electron chi connectivity index (χ0n) is 2.10. The molecule has 3 nitrogen and oxygen atoms in total. The number of hydrogen-bond acceptors (Lipinski definition) is 3. The molecule has 24 valence electrons. The van der Waals surface area contributed by atoms with Gasteiger partial charge in [-0.05, 0) is 0 Å². The Labute approximate surface area is 23.8 Å². The maximum absolute atomic E-state index is 7.52. The zero-order valence-corrected chi connectivity index (χ0v) is 2.10. The molecule has 0 fully saturated rings. The summed E-state index contributed by atoms with van der Waals surface area (Å²) in [7, 11) is 0. The SMILES string of the molecule is N=NCO. The molecule has 3 heteroatoms. The molecule has 0 atom stereocenters. The molecular formula is CH4N2O. The number of nitrogens with zero attached hydrogens (tertiary/aromatic N) is 1. The quantitative estimate of drug-likeness (QED) is 0.410. The van der Waals surface area contributed by atoms with Crippen LogP contribution in [0.4, 0.5) is 0 Å². The highest BCUT2D eigenvalue weighted by molar-refractivity contribution is 3.89. The van der Waals surface area contributed by atoms with E-state index in [1.165, 1.54) is 0 Å². The number of nitrogens with one attached hydrogen (secondary N) is 1. The van der Waals surface area contributed by atoms with Crippen LogP contribution in [0, 0.1) is 5.53 Å². The van der Waals surface area contributed by atoms with E-state index >= 15 is 0 Å². The summed E-state index contributed by atoms with van der Waals surface area (Å²) in [4.78, 5) is 0. The Morgan fingerprint density at radius 2 is 2.25 bits per heavy atom. The van der Waals surface area contributed by atoms with Crippen molar-refractivity contribution >= 4 is 0 Å². The van der Waals surface area contributed by atoms with Gasteiger partial charge in [0.15, 0.2) is 6.73 Å². The lowest BCUT2D eigenvalue weighted by atomic mass is 11.4. The monoisotopic (exact) mass is 60.0 g/mol. The van der Waals surface area contributed by atoms with Crippen LogP contribution in [0.25, 0.3) is 0 Å². The summed E-state index contributed by atoms with van der Waals surface area (Å²) >= 11 is 0. The summed E-state index contributed by atoms with van der Waals surface area (Å²) in [6, 6.07) is 0. The van der Waals surface area contributed by atoms with Crippen molar-refractivity contribution in [1.29, 1.82) is 5.53 Å². The van der Waals surface area contributed by atoms with E-state index in [2.05, 4.69) is 5.11 Å². The van der Waals surface area contributed by atoms with Crippen LogP contribution in [0.3, 0.4) is 0 Å². The summed E-state index contributed by atoms with van der Waals surface area (Å²) in [5.74, 6) is 0. The van der Waals surface area contributed by atoms with Gasteiger partial charge in [-0.15, -0.1) is 0 Å². The molecular weight excluding hydrogens is 56.0 g/mol. The van der Waals surface area contributed by atoms with E-state index in [-0.39, 0.29) is 6.73 Å². The van der Waals surface area contributed by atoms with Crippen molar-refractivity contribution in [3.8, 4) is 0 Å². The van der Waals surface area contributed by atoms with Gasteiger partial charge in [0.25, 0.3) is 0 Å². The predicted octanol–water partition coefficient (Wildman–Crippen LogP) is -0.0328. The molecule has 0 aromatic rings. The van der Waals surface area contributed by atoms with Crippen molar-refractivity contribution in [3.63, 3.8) is 0 Å². The number of rotatable bonds is 1. The second-order valence-electron chi connectivity index (χ2n) is 0.300. The highest BCUT2D eigenvalue weighted by Gasteiger charge is 1.46. The molecule has 2 N–H and O–H groups in total. The zero-order chi connectivity index (χ0) is 3.41. The van der Waals surface area contributed by atoms with Gasteiger partial charge in [0.1, 0.15) is 0 Å². The van der Waals surface area contributed by atoms with Crippen LogP contribution in [-0.4, -0.2) is 11.8 Å².